The summed E-state index contributed by atoms with van der Waals surface area (Å²) < 4.78 is 0. The number of carbonyl (C=O) groups is 1. The normalized spacial score (nSPS) is 10.7. The Morgan fingerprint density at radius 3 is 2.86 bits per heavy atom. The van der Waals surface area contributed by atoms with Crippen LogP contribution >= 0.6 is 24.2 Å². The molecule has 0 bridgehead atoms. The quantitative estimate of drug-likeness (QED) is 0.781. The van der Waals surface area contributed by atoms with Crippen LogP contribution in [-0.4, -0.2) is 16.8 Å². The van der Waals surface area contributed by atoms with Gasteiger partial charge in [-0.2, -0.15) is 12.6 Å². The summed E-state index contributed by atoms with van der Waals surface area (Å²) in [6, 6.07) is 4.89. The molecule has 0 aromatic heterocycles. The predicted octanol–water partition coefficient (Wildman–Crippen LogP) is 2.98. The van der Waals surface area contributed by atoms with Crippen molar-refractivity contribution in [3.05, 3.63) is 40.4 Å². The highest BCUT2D eigenvalue weighted by Crippen LogP contribution is 2.22. The van der Waals surface area contributed by atoms with Gasteiger partial charge in [0.2, 0.25) is 0 Å². The third-order valence-corrected chi connectivity index (χ3v) is 2.29. The lowest BCUT2D eigenvalue weighted by Gasteiger charge is -2.01. The van der Waals surface area contributed by atoms with E-state index in [1.165, 1.54) is 6.07 Å². The largest absolute Gasteiger partial charge is 0.478 e. The third-order valence-electron chi connectivity index (χ3n) is 1.66. The Labute approximate surface area is 92.6 Å². The molecule has 1 aromatic carbocycles. The Kier molecular flexibility index (Phi) is 4.04. The average Bonchev–Trinajstić information content (AvgIpc) is 2.16. The van der Waals surface area contributed by atoms with Crippen LogP contribution in [0.15, 0.2) is 24.3 Å². The molecule has 0 fully saturated rings. The summed E-state index contributed by atoms with van der Waals surface area (Å²) >= 11 is 9.89. The number of aromatic carboxylic acids is 1. The van der Waals surface area contributed by atoms with E-state index in [2.05, 4.69) is 12.6 Å². The molecule has 1 rings (SSSR count). The molecule has 4 heteroatoms. The fraction of sp³-hybridized carbons (Fsp3) is 0.100. The van der Waals surface area contributed by atoms with Crippen LogP contribution in [-0.2, 0) is 0 Å². The molecule has 1 N–H and O–H groups in total. The fourth-order valence-corrected chi connectivity index (χ4v) is 1.40. The molecule has 0 saturated carbocycles. The number of rotatable bonds is 3. The van der Waals surface area contributed by atoms with Crippen molar-refractivity contribution in [3.63, 3.8) is 0 Å². The fourth-order valence-electron chi connectivity index (χ4n) is 1.02. The first kappa shape index (κ1) is 11.1. The van der Waals surface area contributed by atoms with Gasteiger partial charge in [0, 0.05) is 5.75 Å². The van der Waals surface area contributed by atoms with Crippen molar-refractivity contribution in [2.45, 2.75) is 0 Å². The van der Waals surface area contributed by atoms with Gasteiger partial charge >= 0.3 is 5.97 Å². The SMILES string of the molecule is O=C(O)c1cccc(C=CCS)c1Cl. The zero-order chi connectivity index (χ0) is 10.6. The molecule has 0 atom stereocenters. The minimum Gasteiger partial charge on any atom is -0.478 e. The Morgan fingerprint density at radius 2 is 2.29 bits per heavy atom. The number of hydrogen-bond donors (Lipinski definition) is 2. The molecule has 0 amide bonds. The van der Waals surface area contributed by atoms with Crippen LogP contribution < -0.4 is 0 Å². The van der Waals surface area contributed by atoms with E-state index < -0.39 is 5.97 Å². The van der Waals surface area contributed by atoms with Gasteiger partial charge in [-0.1, -0.05) is 35.9 Å². The molecule has 0 saturated heterocycles. The average molecular weight is 229 g/mol. The summed E-state index contributed by atoms with van der Waals surface area (Å²) in [5, 5.41) is 9.05. The molecule has 2 nitrogen and oxygen atoms in total. The molecule has 1 aromatic rings. The van der Waals surface area contributed by atoms with Crippen LogP contribution in [0.3, 0.4) is 0 Å². The zero-order valence-electron chi connectivity index (χ0n) is 7.27. The smallest absolute Gasteiger partial charge is 0.337 e. The van der Waals surface area contributed by atoms with Crippen LogP contribution in [0.2, 0.25) is 5.02 Å². The lowest BCUT2D eigenvalue weighted by molar-refractivity contribution is 0.0697. The first-order chi connectivity index (χ1) is 6.66. The maximum absolute atomic E-state index is 10.7. The Balaban J connectivity index is 3.14. The number of benzene rings is 1. The number of carboxylic acids is 1. The Hall–Kier alpha value is -0.930. The van der Waals surface area contributed by atoms with Crippen molar-refractivity contribution >= 4 is 36.3 Å². The lowest BCUT2D eigenvalue weighted by atomic mass is 10.1. The maximum Gasteiger partial charge on any atom is 0.337 e. The predicted molar refractivity (Wildman–Crippen MR) is 61.3 cm³/mol. The lowest BCUT2D eigenvalue weighted by Crippen LogP contribution is -1.97. The van der Waals surface area contributed by atoms with E-state index in [1.54, 1.807) is 24.3 Å². The van der Waals surface area contributed by atoms with Crippen LogP contribution in [0.1, 0.15) is 15.9 Å². The third kappa shape index (κ3) is 2.53. The summed E-state index contributed by atoms with van der Waals surface area (Å²) in [7, 11) is 0. The van der Waals surface area contributed by atoms with E-state index in [4.69, 9.17) is 16.7 Å². The summed E-state index contributed by atoms with van der Waals surface area (Å²) in [6.45, 7) is 0. The van der Waals surface area contributed by atoms with Crippen molar-refractivity contribution in [3.8, 4) is 0 Å². The van der Waals surface area contributed by atoms with E-state index in [9.17, 15) is 4.79 Å². The van der Waals surface area contributed by atoms with Gasteiger partial charge in [-0.05, 0) is 11.6 Å². The summed E-state index contributed by atoms with van der Waals surface area (Å²) in [4.78, 5) is 10.7. The second kappa shape index (κ2) is 5.08. The van der Waals surface area contributed by atoms with Gasteiger partial charge < -0.3 is 5.11 Å². The summed E-state index contributed by atoms with van der Waals surface area (Å²) in [5.74, 6) is -0.427. The molecule has 14 heavy (non-hydrogen) atoms. The second-order valence-corrected chi connectivity index (χ2v) is 3.34. The molecular formula is C10H9ClO2S. The zero-order valence-corrected chi connectivity index (χ0v) is 8.92. The van der Waals surface area contributed by atoms with E-state index in [0.717, 1.165) is 0 Å². The molecule has 74 valence electrons. The van der Waals surface area contributed by atoms with E-state index in [0.29, 0.717) is 11.3 Å². The number of thiol groups is 1. The highest BCUT2D eigenvalue weighted by Gasteiger charge is 2.09. The van der Waals surface area contributed by atoms with Crippen molar-refractivity contribution in [2.24, 2.45) is 0 Å². The van der Waals surface area contributed by atoms with Crippen molar-refractivity contribution in [2.75, 3.05) is 5.75 Å². The van der Waals surface area contributed by atoms with E-state index in [1.807, 2.05) is 0 Å². The van der Waals surface area contributed by atoms with Crippen molar-refractivity contribution in [1.29, 1.82) is 0 Å². The van der Waals surface area contributed by atoms with Gasteiger partial charge in [-0.15, -0.1) is 0 Å². The maximum atomic E-state index is 10.7. The Bertz CT molecular complexity index is 374. The van der Waals surface area contributed by atoms with Gasteiger partial charge in [0.1, 0.15) is 0 Å². The van der Waals surface area contributed by atoms with Crippen molar-refractivity contribution in [1.82, 2.24) is 0 Å². The molecular weight excluding hydrogens is 220 g/mol. The second-order valence-electron chi connectivity index (χ2n) is 2.60. The van der Waals surface area contributed by atoms with Crippen LogP contribution in [0, 0.1) is 0 Å². The summed E-state index contributed by atoms with van der Waals surface area (Å²) in [5.41, 5.74) is 0.814. The topological polar surface area (TPSA) is 37.3 Å². The van der Waals surface area contributed by atoms with Gasteiger partial charge in [0.25, 0.3) is 0 Å². The molecule has 0 spiro atoms. The number of halogens is 1. The molecule has 0 aliphatic rings. The van der Waals surface area contributed by atoms with Gasteiger partial charge in [0.05, 0.1) is 10.6 Å². The highest BCUT2D eigenvalue weighted by atomic mass is 35.5. The van der Waals surface area contributed by atoms with Gasteiger partial charge in [0.15, 0.2) is 0 Å². The molecule has 0 aliphatic heterocycles. The van der Waals surface area contributed by atoms with E-state index >= 15 is 0 Å². The first-order valence-electron chi connectivity index (χ1n) is 3.96. The summed E-state index contributed by atoms with van der Waals surface area (Å²) in [6.07, 6.45) is 3.55. The van der Waals surface area contributed by atoms with Gasteiger partial charge in [-0.25, -0.2) is 4.79 Å². The minimum atomic E-state index is -1.02. The first-order valence-corrected chi connectivity index (χ1v) is 4.97. The number of hydrogen-bond acceptors (Lipinski definition) is 2. The van der Waals surface area contributed by atoms with Crippen molar-refractivity contribution < 1.29 is 9.90 Å². The van der Waals surface area contributed by atoms with Gasteiger partial charge in [-0.3, -0.25) is 0 Å². The minimum absolute atomic E-state index is 0.119. The van der Waals surface area contributed by atoms with Crippen LogP contribution in [0.5, 0.6) is 0 Å². The molecule has 0 heterocycles. The molecule has 0 aliphatic carbocycles. The Morgan fingerprint density at radius 1 is 1.57 bits per heavy atom. The van der Waals surface area contributed by atoms with Crippen LogP contribution in [0.25, 0.3) is 6.08 Å². The number of carboxylic acid groups (broad SMARTS) is 1. The standard InChI is InChI=1S/C10H9ClO2S/c11-9-7(4-2-6-14)3-1-5-8(9)10(12)13/h1-5,14H,6H2,(H,12,13). The highest BCUT2D eigenvalue weighted by molar-refractivity contribution is 7.80. The molecule has 0 radical (unpaired) electrons. The monoisotopic (exact) mass is 228 g/mol. The van der Waals surface area contributed by atoms with E-state index in [-0.39, 0.29) is 10.6 Å². The van der Waals surface area contributed by atoms with Crippen LogP contribution in [0.4, 0.5) is 0 Å². The molecule has 0 unspecified atom stereocenters.